The molecule has 6 nitrogen and oxygen atoms in total. The number of unbranched alkanes of at least 4 members (excludes halogenated alkanes) is 39. The summed E-state index contributed by atoms with van der Waals surface area (Å²) in [5, 5.41) is 0. The van der Waals surface area contributed by atoms with Gasteiger partial charge in [0, 0.05) is 19.3 Å². The molecule has 0 N–H and O–H groups in total. The van der Waals surface area contributed by atoms with Gasteiger partial charge in [-0.15, -0.1) is 0 Å². The molecule has 2 atom stereocenters. The van der Waals surface area contributed by atoms with Crippen LogP contribution in [-0.2, 0) is 28.6 Å². The maximum atomic E-state index is 12.8. The van der Waals surface area contributed by atoms with Crippen molar-refractivity contribution in [1.29, 1.82) is 0 Å². The Labute approximate surface area is 438 Å². The second-order valence-electron chi connectivity index (χ2n) is 23.2. The highest BCUT2D eigenvalue weighted by Crippen LogP contribution is 2.19. The summed E-state index contributed by atoms with van der Waals surface area (Å²) in [6, 6.07) is 0. The molecule has 0 saturated carbocycles. The van der Waals surface area contributed by atoms with Crippen molar-refractivity contribution in [2.75, 3.05) is 13.2 Å². The van der Waals surface area contributed by atoms with E-state index < -0.39 is 6.10 Å². The van der Waals surface area contributed by atoms with E-state index in [4.69, 9.17) is 14.2 Å². The van der Waals surface area contributed by atoms with Gasteiger partial charge in [-0.1, -0.05) is 318 Å². The van der Waals surface area contributed by atoms with Crippen LogP contribution in [-0.4, -0.2) is 37.2 Å². The molecule has 0 aliphatic heterocycles. The first-order valence-electron chi connectivity index (χ1n) is 31.6. The normalized spacial score (nSPS) is 12.5. The summed E-state index contributed by atoms with van der Waals surface area (Å²) in [5.41, 5.74) is 0. The molecule has 0 radical (unpaired) electrons. The molecular weight excluding hydrogens is 865 g/mol. The Morgan fingerprint density at radius 1 is 0.286 bits per heavy atom. The molecule has 0 aromatic carbocycles. The minimum atomic E-state index is -0.764. The first-order valence-corrected chi connectivity index (χ1v) is 31.6. The fourth-order valence-corrected chi connectivity index (χ4v) is 9.85. The molecule has 1 unspecified atom stereocenters. The molecule has 70 heavy (non-hydrogen) atoms. The van der Waals surface area contributed by atoms with Crippen LogP contribution in [0.3, 0.4) is 0 Å². The summed E-state index contributed by atoms with van der Waals surface area (Å²) in [6.45, 7) is 13.8. The fourth-order valence-electron chi connectivity index (χ4n) is 9.85. The minimum Gasteiger partial charge on any atom is -0.462 e. The van der Waals surface area contributed by atoms with Crippen LogP contribution < -0.4 is 0 Å². The Kier molecular flexibility index (Phi) is 53.9. The van der Waals surface area contributed by atoms with Crippen LogP contribution in [0.2, 0.25) is 0 Å². The first kappa shape index (κ1) is 68.4. The number of ether oxygens (including phenoxy) is 3. The van der Waals surface area contributed by atoms with Gasteiger partial charge in [0.05, 0.1) is 0 Å². The van der Waals surface area contributed by atoms with E-state index in [2.05, 4.69) is 41.5 Å². The lowest BCUT2D eigenvalue weighted by atomic mass is 9.99. The van der Waals surface area contributed by atoms with Crippen molar-refractivity contribution in [3.63, 3.8) is 0 Å². The van der Waals surface area contributed by atoms with Crippen LogP contribution >= 0.6 is 0 Å². The Hall–Kier alpha value is -1.59. The van der Waals surface area contributed by atoms with E-state index in [1.807, 2.05) is 0 Å². The minimum absolute atomic E-state index is 0.0634. The van der Waals surface area contributed by atoms with E-state index in [-0.39, 0.29) is 31.1 Å². The van der Waals surface area contributed by atoms with Crippen LogP contribution in [0.4, 0.5) is 0 Å². The quantitative estimate of drug-likeness (QED) is 0.0343. The van der Waals surface area contributed by atoms with E-state index >= 15 is 0 Å². The van der Waals surface area contributed by atoms with Gasteiger partial charge in [-0.3, -0.25) is 14.4 Å². The molecule has 0 aliphatic carbocycles. The van der Waals surface area contributed by atoms with Gasteiger partial charge in [0.15, 0.2) is 6.10 Å². The van der Waals surface area contributed by atoms with Gasteiger partial charge in [-0.2, -0.15) is 0 Å². The van der Waals surface area contributed by atoms with E-state index in [1.54, 1.807) is 0 Å². The molecule has 0 rings (SSSR count). The van der Waals surface area contributed by atoms with Crippen molar-refractivity contribution >= 4 is 17.9 Å². The fraction of sp³-hybridized carbons (Fsp3) is 0.953. The van der Waals surface area contributed by atoms with Crippen LogP contribution in [0.1, 0.15) is 356 Å². The van der Waals surface area contributed by atoms with Gasteiger partial charge in [-0.25, -0.2) is 0 Å². The molecule has 0 fully saturated rings. The van der Waals surface area contributed by atoms with E-state index in [0.29, 0.717) is 19.3 Å². The smallest absolute Gasteiger partial charge is 0.306 e. The SMILES string of the molecule is CCC(C)CCCCCCCCCCCCCCCCCCCCC(=O)OC[C@H](COC(=O)CCCCCCCCCCCCCCCCCCC(C)C)OC(=O)CCCCCCCCCCC(C)C. The Morgan fingerprint density at radius 2 is 0.500 bits per heavy atom. The second kappa shape index (κ2) is 55.2. The van der Waals surface area contributed by atoms with Crippen LogP contribution in [0.25, 0.3) is 0 Å². The summed E-state index contributed by atoms with van der Waals surface area (Å²) in [7, 11) is 0. The zero-order valence-corrected chi connectivity index (χ0v) is 48.3. The summed E-state index contributed by atoms with van der Waals surface area (Å²) in [5.74, 6) is 1.72. The van der Waals surface area contributed by atoms with E-state index in [1.165, 1.54) is 238 Å². The van der Waals surface area contributed by atoms with Gasteiger partial charge >= 0.3 is 17.9 Å². The summed E-state index contributed by atoms with van der Waals surface area (Å²) < 4.78 is 16.9. The standard InChI is InChI=1S/C64H124O6/c1-7-60(6)52-46-40-34-27-23-19-15-10-8-9-11-16-20-24-28-35-41-47-53-62(65)68-56-61(70-64(67)55-49-43-37-31-30-33-39-45-51-59(4)5)57-69-63(66)54-48-42-36-29-25-21-17-13-12-14-18-22-26-32-38-44-50-58(2)3/h58-61H,7-57H2,1-6H3/t60?,61-/m1/s1. The predicted octanol–water partition coefficient (Wildman–Crippen LogP) is 21.1. The third-order valence-electron chi connectivity index (χ3n) is 15.0. The molecule has 0 amide bonds. The maximum Gasteiger partial charge on any atom is 0.306 e. The van der Waals surface area contributed by atoms with Crippen LogP contribution in [0.5, 0.6) is 0 Å². The number of rotatable bonds is 57. The first-order chi connectivity index (χ1) is 34.1. The molecule has 0 aromatic rings. The molecule has 0 bridgehead atoms. The van der Waals surface area contributed by atoms with Crippen molar-refractivity contribution in [1.82, 2.24) is 0 Å². The molecule has 6 heteroatoms. The van der Waals surface area contributed by atoms with Gasteiger partial charge in [-0.05, 0) is 37.0 Å². The predicted molar refractivity (Wildman–Crippen MR) is 303 cm³/mol. The Balaban J connectivity index is 4.19. The van der Waals surface area contributed by atoms with Gasteiger partial charge in [0.2, 0.25) is 0 Å². The lowest BCUT2D eigenvalue weighted by Gasteiger charge is -2.18. The highest BCUT2D eigenvalue weighted by Gasteiger charge is 2.19. The monoisotopic (exact) mass is 989 g/mol. The molecule has 0 aliphatic rings. The number of hydrogen-bond donors (Lipinski definition) is 0. The Morgan fingerprint density at radius 3 is 0.743 bits per heavy atom. The lowest BCUT2D eigenvalue weighted by Crippen LogP contribution is -2.30. The average Bonchev–Trinajstić information content (AvgIpc) is 3.33. The molecule has 416 valence electrons. The third kappa shape index (κ3) is 55.7. The summed E-state index contributed by atoms with van der Waals surface area (Å²) in [6.07, 6.45) is 59.7. The number of carbonyl (C=O) groups is 3. The average molecular weight is 990 g/mol. The highest BCUT2D eigenvalue weighted by atomic mass is 16.6. The van der Waals surface area contributed by atoms with Crippen molar-refractivity contribution < 1.29 is 28.6 Å². The second-order valence-corrected chi connectivity index (χ2v) is 23.2. The zero-order valence-electron chi connectivity index (χ0n) is 48.3. The molecular formula is C64H124O6. The molecule has 0 aromatic heterocycles. The van der Waals surface area contributed by atoms with Crippen molar-refractivity contribution in [3.05, 3.63) is 0 Å². The number of esters is 3. The zero-order chi connectivity index (χ0) is 51.2. The largest absolute Gasteiger partial charge is 0.462 e. The van der Waals surface area contributed by atoms with Crippen LogP contribution in [0, 0.1) is 17.8 Å². The van der Waals surface area contributed by atoms with Gasteiger partial charge in [0.25, 0.3) is 0 Å². The third-order valence-corrected chi connectivity index (χ3v) is 15.0. The summed E-state index contributed by atoms with van der Waals surface area (Å²) >= 11 is 0. The van der Waals surface area contributed by atoms with Gasteiger partial charge < -0.3 is 14.2 Å². The van der Waals surface area contributed by atoms with E-state index in [9.17, 15) is 14.4 Å². The molecule has 0 heterocycles. The number of hydrogen-bond acceptors (Lipinski definition) is 6. The molecule has 0 saturated heterocycles. The van der Waals surface area contributed by atoms with Crippen molar-refractivity contribution in [3.8, 4) is 0 Å². The lowest BCUT2D eigenvalue weighted by molar-refractivity contribution is -0.167. The topological polar surface area (TPSA) is 78.9 Å². The highest BCUT2D eigenvalue weighted by molar-refractivity contribution is 5.71. The van der Waals surface area contributed by atoms with Crippen molar-refractivity contribution in [2.45, 2.75) is 362 Å². The maximum absolute atomic E-state index is 12.8. The van der Waals surface area contributed by atoms with Crippen LogP contribution in [0.15, 0.2) is 0 Å². The molecule has 0 spiro atoms. The Bertz CT molecular complexity index is 1090. The van der Waals surface area contributed by atoms with Crippen molar-refractivity contribution in [2.24, 2.45) is 17.8 Å². The van der Waals surface area contributed by atoms with E-state index in [0.717, 1.165) is 75.5 Å². The number of carbonyl (C=O) groups excluding carboxylic acids is 3. The van der Waals surface area contributed by atoms with Gasteiger partial charge in [0.1, 0.15) is 13.2 Å². The summed E-state index contributed by atoms with van der Waals surface area (Å²) in [4.78, 5) is 38.2.